The summed E-state index contributed by atoms with van der Waals surface area (Å²) in [6.45, 7) is 2.41. The number of hydrogen-bond acceptors (Lipinski definition) is 5. The second kappa shape index (κ2) is 8.44. The molecule has 5 rings (SSSR count). The summed E-state index contributed by atoms with van der Waals surface area (Å²) in [5.74, 6) is 1.71. The highest BCUT2D eigenvalue weighted by molar-refractivity contribution is 5.67. The largest absolute Gasteiger partial charge is 0.493 e. The predicted molar refractivity (Wildman–Crippen MR) is 120 cm³/mol. The number of halogens is 3. The van der Waals surface area contributed by atoms with Crippen LogP contribution in [0.15, 0.2) is 49.1 Å². The molecule has 3 aromatic heterocycles. The van der Waals surface area contributed by atoms with Gasteiger partial charge in [-0.25, -0.2) is 19.6 Å². The molecule has 0 spiro atoms. The first-order valence-corrected chi connectivity index (χ1v) is 10.7. The van der Waals surface area contributed by atoms with Gasteiger partial charge in [0, 0.05) is 24.9 Å². The van der Waals surface area contributed by atoms with Crippen molar-refractivity contribution in [2.45, 2.75) is 32.0 Å². The number of aromatic nitrogens is 6. The molecule has 0 fully saturated rings. The molecule has 0 aliphatic carbocycles. The number of rotatable bonds is 5. The van der Waals surface area contributed by atoms with E-state index in [2.05, 4.69) is 20.1 Å². The third kappa shape index (κ3) is 4.07. The summed E-state index contributed by atoms with van der Waals surface area (Å²) in [6, 6.07) is 7.50. The monoisotopic (exact) mass is 466 g/mol. The molecule has 0 radical (unpaired) electrons. The number of hydrogen-bond donors (Lipinski definition) is 0. The zero-order valence-corrected chi connectivity index (χ0v) is 18.5. The van der Waals surface area contributed by atoms with Crippen LogP contribution in [0, 0.1) is 6.92 Å². The summed E-state index contributed by atoms with van der Waals surface area (Å²) in [7, 11) is 1.57. The zero-order valence-electron chi connectivity index (χ0n) is 18.5. The van der Waals surface area contributed by atoms with Crippen molar-refractivity contribution in [1.82, 2.24) is 29.3 Å². The second-order valence-electron chi connectivity index (χ2n) is 8.03. The first-order chi connectivity index (χ1) is 16.3. The molecule has 1 atom stereocenters. The smallest absolute Gasteiger partial charge is 0.416 e. The Balaban J connectivity index is 1.41. The van der Waals surface area contributed by atoms with Crippen LogP contribution in [0.25, 0.3) is 18.0 Å². The maximum Gasteiger partial charge on any atom is 0.416 e. The van der Waals surface area contributed by atoms with Gasteiger partial charge in [0.05, 0.1) is 18.4 Å². The van der Waals surface area contributed by atoms with E-state index >= 15 is 0 Å². The Labute approximate surface area is 193 Å². The third-order valence-corrected chi connectivity index (χ3v) is 5.75. The van der Waals surface area contributed by atoms with E-state index in [0.717, 1.165) is 17.3 Å². The Hall–Kier alpha value is -3.95. The van der Waals surface area contributed by atoms with Crippen molar-refractivity contribution in [1.29, 1.82) is 0 Å². The molecule has 0 saturated carbocycles. The van der Waals surface area contributed by atoms with Crippen LogP contribution in [-0.2, 0) is 12.7 Å². The van der Waals surface area contributed by atoms with E-state index in [0.29, 0.717) is 36.2 Å². The van der Waals surface area contributed by atoms with Gasteiger partial charge in [0.15, 0.2) is 17.4 Å². The number of alkyl halides is 3. The average Bonchev–Trinajstić information content (AvgIpc) is 3.52. The number of imidazole rings is 1. The van der Waals surface area contributed by atoms with Crippen LogP contribution in [0.3, 0.4) is 0 Å². The molecule has 0 saturated heterocycles. The van der Waals surface area contributed by atoms with Crippen molar-refractivity contribution >= 4 is 12.2 Å². The molecule has 0 N–H and O–H groups in total. The molecule has 1 aliphatic heterocycles. The van der Waals surface area contributed by atoms with E-state index in [-0.39, 0.29) is 5.56 Å². The van der Waals surface area contributed by atoms with Crippen LogP contribution >= 0.6 is 0 Å². The van der Waals surface area contributed by atoms with E-state index in [1.807, 2.05) is 19.2 Å². The second-order valence-corrected chi connectivity index (χ2v) is 8.03. The minimum absolute atomic E-state index is 0.232. The summed E-state index contributed by atoms with van der Waals surface area (Å²) in [5, 5.41) is 4.46. The standard InChI is InChI=1S/C24H21F3N6O/c1-15-13-32(14-29-15)23-20(34-2)11-16(12-28-23)7-8-21-30-22-18(9-10-33(22)31-21)17-5-3-4-6-19(17)24(25,26)27/h3-8,11-14,18H,9-10H2,1-2H3/b8-7+/t18-/m1/s1. The van der Waals surface area contributed by atoms with Crippen molar-refractivity contribution in [3.05, 3.63) is 83.1 Å². The van der Waals surface area contributed by atoms with Gasteiger partial charge in [0.1, 0.15) is 12.2 Å². The minimum atomic E-state index is -4.42. The topological polar surface area (TPSA) is 70.7 Å². The van der Waals surface area contributed by atoms with Gasteiger partial charge in [-0.3, -0.25) is 4.57 Å². The average molecular weight is 466 g/mol. The van der Waals surface area contributed by atoms with Crippen LogP contribution in [0.5, 0.6) is 5.75 Å². The number of pyridine rings is 1. The van der Waals surface area contributed by atoms with Crippen molar-refractivity contribution in [2.75, 3.05) is 7.11 Å². The van der Waals surface area contributed by atoms with Crippen LogP contribution < -0.4 is 4.74 Å². The van der Waals surface area contributed by atoms with Crippen molar-refractivity contribution < 1.29 is 17.9 Å². The number of ether oxygens (including phenoxy) is 1. The molecule has 1 aromatic carbocycles. The number of methoxy groups -OCH3 is 1. The molecule has 0 amide bonds. The fraction of sp³-hybridized carbons (Fsp3) is 0.250. The lowest BCUT2D eigenvalue weighted by molar-refractivity contribution is -0.138. The summed E-state index contributed by atoms with van der Waals surface area (Å²) in [6.07, 6.45) is 4.83. The van der Waals surface area contributed by atoms with Crippen LogP contribution in [0.1, 0.15) is 46.4 Å². The number of aryl methyl sites for hydroxylation is 2. The Bertz CT molecular complexity index is 1370. The zero-order chi connectivity index (χ0) is 23.9. The fourth-order valence-corrected chi connectivity index (χ4v) is 4.19. The summed E-state index contributed by atoms with van der Waals surface area (Å²) in [4.78, 5) is 13.2. The molecule has 10 heteroatoms. The van der Waals surface area contributed by atoms with Gasteiger partial charge >= 0.3 is 6.18 Å². The minimum Gasteiger partial charge on any atom is -0.493 e. The van der Waals surface area contributed by atoms with Crippen molar-refractivity contribution in [2.24, 2.45) is 0 Å². The Morgan fingerprint density at radius 2 is 1.97 bits per heavy atom. The lowest BCUT2D eigenvalue weighted by Crippen LogP contribution is -2.12. The first-order valence-electron chi connectivity index (χ1n) is 10.7. The summed E-state index contributed by atoms with van der Waals surface area (Å²) >= 11 is 0. The normalized spacial score (nSPS) is 15.7. The molecule has 4 heterocycles. The maximum absolute atomic E-state index is 13.5. The molecule has 7 nitrogen and oxygen atoms in total. The van der Waals surface area contributed by atoms with Crippen LogP contribution in [0.2, 0.25) is 0 Å². The van der Waals surface area contributed by atoms with E-state index in [1.54, 1.807) is 47.1 Å². The van der Waals surface area contributed by atoms with Gasteiger partial charge in [0.25, 0.3) is 0 Å². The molecule has 0 bridgehead atoms. The lowest BCUT2D eigenvalue weighted by atomic mass is 9.92. The van der Waals surface area contributed by atoms with Gasteiger partial charge in [-0.15, -0.1) is 0 Å². The highest BCUT2D eigenvalue weighted by Gasteiger charge is 2.38. The van der Waals surface area contributed by atoms with Crippen molar-refractivity contribution in [3.8, 4) is 11.6 Å². The van der Waals surface area contributed by atoms with Gasteiger partial charge < -0.3 is 4.74 Å². The molecule has 4 aromatic rings. The molecular weight excluding hydrogens is 445 g/mol. The summed E-state index contributed by atoms with van der Waals surface area (Å²) in [5.41, 5.74) is 1.24. The number of benzene rings is 1. The van der Waals surface area contributed by atoms with Crippen LogP contribution in [0.4, 0.5) is 13.2 Å². The van der Waals surface area contributed by atoms with Gasteiger partial charge in [0.2, 0.25) is 0 Å². The van der Waals surface area contributed by atoms with E-state index in [4.69, 9.17) is 4.74 Å². The van der Waals surface area contributed by atoms with E-state index < -0.39 is 17.7 Å². The Morgan fingerprint density at radius 1 is 1.15 bits per heavy atom. The maximum atomic E-state index is 13.5. The highest BCUT2D eigenvalue weighted by atomic mass is 19.4. The lowest BCUT2D eigenvalue weighted by Gasteiger charge is -2.16. The number of nitrogens with zero attached hydrogens (tertiary/aromatic N) is 6. The Morgan fingerprint density at radius 3 is 2.71 bits per heavy atom. The van der Waals surface area contributed by atoms with E-state index in [9.17, 15) is 13.2 Å². The first kappa shape index (κ1) is 21.9. The van der Waals surface area contributed by atoms with Crippen molar-refractivity contribution in [3.63, 3.8) is 0 Å². The summed E-state index contributed by atoms with van der Waals surface area (Å²) < 4.78 is 49.5. The molecule has 34 heavy (non-hydrogen) atoms. The van der Waals surface area contributed by atoms with Crippen LogP contribution in [-0.4, -0.2) is 36.4 Å². The molecular formula is C24H21F3N6O. The molecule has 0 unspecified atom stereocenters. The fourth-order valence-electron chi connectivity index (χ4n) is 4.19. The third-order valence-electron chi connectivity index (χ3n) is 5.75. The Kier molecular flexibility index (Phi) is 5.43. The quantitative estimate of drug-likeness (QED) is 0.418. The molecule has 174 valence electrons. The number of fused-ring (bicyclic) bond motifs is 1. The van der Waals surface area contributed by atoms with E-state index in [1.165, 1.54) is 12.1 Å². The predicted octanol–water partition coefficient (Wildman–Crippen LogP) is 4.90. The molecule has 1 aliphatic rings. The van der Waals surface area contributed by atoms with Gasteiger partial charge in [-0.05, 0) is 48.8 Å². The van der Waals surface area contributed by atoms with Gasteiger partial charge in [-0.1, -0.05) is 18.2 Å². The SMILES string of the molecule is COc1cc(/C=C/c2nc3n(n2)CC[C@@H]3c2ccccc2C(F)(F)F)cnc1-n1cnc(C)c1. The highest BCUT2D eigenvalue weighted by Crippen LogP contribution is 2.40. The van der Waals surface area contributed by atoms with Gasteiger partial charge in [-0.2, -0.15) is 18.3 Å².